The van der Waals surface area contributed by atoms with E-state index in [-0.39, 0.29) is 17.6 Å². The second-order valence-electron chi connectivity index (χ2n) is 8.36. The van der Waals surface area contributed by atoms with Gasteiger partial charge in [0.2, 0.25) is 5.91 Å². The summed E-state index contributed by atoms with van der Waals surface area (Å²) in [6, 6.07) is 14.7. The molecular weight excluding hydrogens is 452 g/mol. The first-order chi connectivity index (χ1) is 16.4. The number of furan rings is 1. The molecule has 5 rings (SSSR count). The lowest BCUT2D eigenvalue weighted by atomic mass is 9.93. The van der Waals surface area contributed by atoms with Gasteiger partial charge >= 0.3 is 0 Å². The molecule has 8 heteroatoms. The number of nitrogens with one attached hydrogen (secondary N) is 2. The third-order valence-electron chi connectivity index (χ3n) is 5.87. The molecule has 0 bridgehead atoms. The SMILES string of the molecule is CC(=O)Nc1ccc(NC(=O)c2oc3c(c2C)-c2nn(Cc4ccccc4Cl)cc2CC3)cc1. The van der Waals surface area contributed by atoms with E-state index in [0.717, 1.165) is 40.1 Å². The fraction of sp³-hybridized carbons (Fsp3) is 0.192. The fourth-order valence-electron chi connectivity index (χ4n) is 4.29. The first kappa shape index (κ1) is 22.0. The highest BCUT2D eigenvalue weighted by atomic mass is 35.5. The Morgan fingerprint density at radius 3 is 2.47 bits per heavy atom. The van der Waals surface area contributed by atoms with Gasteiger partial charge in [-0.2, -0.15) is 5.10 Å². The maximum Gasteiger partial charge on any atom is 0.291 e. The van der Waals surface area contributed by atoms with Crippen molar-refractivity contribution in [2.24, 2.45) is 0 Å². The van der Waals surface area contributed by atoms with Crippen LogP contribution in [-0.2, 0) is 24.2 Å². The van der Waals surface area contributed by atoms with Crippen molar-refractivity contribution < 1.29 is 14.0 Å². The molecule has 0 atom stereocenters. The number of hydrogen-bond acceptors (Lipinski definition) is 4. The molecule has 7 nitrogen and oxygen atoms in total. The summed E-state index contributed by atoms with van der Waals surface area (Å²) in [5.74, 6) is 0.585. The minimum absolute atomic E-state index is 0.151. The molecule has 0 fully saturated rings. The molecule has 0 saturated heterocycles. The average molecular weight is 475 g/mol. The van der Waals surface area contributed by atoms with E-state index in [9.17, 15) is 9.59 Å². The highest BCUT2D eigenvalue weighted by molar-refractivity contribution is 6.31. The molecule has 0 aliphatic heterocycles. The Kier molecular flexibility index (Phi) is 5.71. The number of aromatic nitrogens is 2. The Bertz CT molecular complexity index is 1400. The van der Waals surface area contributed by atoms with E-state index in [0.29, 0.717) is 29.4 Å². The van der Waals surface area contributed by atoms with Crippen LogP contribution in [0.2, 0.25) is 5.02 Å². The number of hydrogen-bond donors (Lipinski definition) is 2. The van der Waals surface area contributed by atoms with Crippen molar-refractivity contribution >= 4 is 34.8 Å². The molecule has 0 unspecified atom stereocenters. The van der Waals surface area contributed by atoms with Crippen LogP contribution in [0.25, 0.3) is 11.3 Å². The van der Waals surface area contributed by atoms with Gasteiger partial charge in [-0.05, 0) is 54.8 Å². The number of anilines is 2. The summed E-state index contributed by atoms with van der Waals surface area (Å²) in [6.07, 6.45) is 3.55. The normalized spacial score (nSPS) is 12.1. The highest BCUT2D eigenvalue weighted by Crippen LogP contribution is 2.38. The van der Waals surface area contributed by atoms with E-state index in [1.165, 1.54) is 6.92 Å². The zero-order valence-electron chi connectivity index (χ0n) is 18.8. The Labute approximate surface area is 201 Å². The third kappa shape index (κ3) is 4.22. The van der Waals surface area contributed by atoms with Crippen molar-refractivity contribution in [3.8, 4) is 11.3 Å². The summed E-state index contributed by atoms with van der Waals surface area (Å²) in [5.41, 5.74) is 5.92. The lowest BCUT2D eigenvalue weighted by molar-refractivity contribution is -0.114. The first-order valence-electron chi connectivity index (χ1n) is 11.0. The number of nitrogens with zero attached hydrogens (tertiary/aromatic N) is 2. The molecule has 0 radical (unpaired) electrons. The molecule has 0 spiro atoms. The Morgan fingerprint density at radius 1 is 1.06 bits per heavy atom. The van der Waals surface area contributed by atoms with Crippen LogP contribution in [0.15, 0.2) is 59.1 Å². The van der Waals surface area contributed by atoms with Crippen molar-refractivity contribution in [3.05, 3.63) is 88.0 Å². The van der Waals surface area contributed by atoms with E-state index in [1.807, 2.05) is 42.1 Å². The Hall–Kier alpha value is -3.84. The van der Waals surface area contributed by atoms with Gasteiger partial charge in [0.05, 0.1) is 12.2 Å². The molecular formula is C26H23ClN4O3. The van der Waals surface area contributed by atoms with E-state index in [4.69, 9.17) is 21.1 Å². The summed E-state index contributed by atoms with van der Waals surface area (Å²) < 4.78 is 7.90. The summed E-state index contributed by atoms with van der Waals surface area (Å²) in [7, 11) is 0. The number of carbonyl (C=O) groups is 2. The van der Waals surface area contributed by atoms with Crippen LogP contribution < -0.4 is 10.6 Å². The Morgan fingerprint density at radius 2 is 1.76 bits per heavy atom. The molecule has 172 valence electrons. The smallest absolute Gasteiger partial charge is 0.291 e. The molecule has 34 heavy (non-hydrogen) atoms. The zero-order chi connectivity index (χ0) is 23.8. The second-order valence-corrected chi connectivity index (χ2v) is 8.77. The summed E-state index contributed by atoms with van der Waals surface area (Å²) in [5, 5.41) is 11.1. The van der Waals surface area contributed by atoms with Gasteiger partial charge in [0.1, 0.15) is 5.76 Å². The number of carbonyl (C=O) groups excluding carboxylic acids is 2. The van der Waals surface area contributed by atoms with Crippen LogP contribution in [-0.4, -0.2) is 21.6 Å². The molecule has 1 aliphatic rings. The van der Waals surface area contributed by atoms with Crippen molar-refractivity contribution in [1.29, 1.82) is 0 Å². The van der Waals surface area contributed by atoms with E-state index in [2.05, 4.69) is 10.6 Å². The van der Waals surface area contributed by atoms with Crippen LogP contribution in [0.5, 0.6) is 0 Å². The van der Waals surface area contributed by atoms with Gasteiger partial charge < -0.3 is 15.1 Å². The number of rotatable bonds is 5. The molecule has 2 aromatic heterocycles. The number of fused-ring (bicyclic) bond motifs is 3. The van der Waals surface area contributed by atoms with Gasteiger partial charge in [0.25, 0.3) is 5.91 Å². The number of aryl methyl sites for hydroxylation is 2. The largest absolute Gasteiger partial charge is 0.455 e. The minimum atomic E-state index is -0.323. The molecule has 1 aliphatic carbocycles. The molecule has 0 saturated carbocycles. The average Bonchev–Trinajstić information content (AvgIpc) is 3.36. The summed E-state index contributed by atoms with van der Waals surface area (Å²) >= 11 is 6.32. The number of halogens is 1. The predicted molar refractivity (Wildman–Crippen MR) is 131 cm³/mol. The quantitative estimate of drug-likeness (QED) is 0.402. The van der Waals surface area contributed by atoms with Crippen molar-refractivity contribution in [2.75, 3.05) is 10.6 Å². The van der Waals surface area contributed by atoms with Crippen LogP contribution in [0.1, 0.15) is 39.9 Å². The third-order valence-corrected chi connectivity index (χ3v) is 6.24. The molecule has 2 aromatic carbocycles. The lowest BCUT2D eigenvalue weighted by Crippen LogP contribution is -2.12. The maximum atomic E-state index is 13.0. The van der Waals surface area contributed by atoms with Gasteiger partial charge in [0, 0.05) is 47.1 Å². The van der Waals surface area contributed by atoms with Crippen LogP contribution in [0.3, 0.4) is 0 Å². The van der Waals surface area contributed by atoms with Gasteiger partial charge in [-0.25, -0.2) is 0 Å². The van der Waals surface area contributed by atoms with Crippen LogP contribution >= 0.6 is 11.6 Å². The number of benzene rings is 2. The monoisotopic (exact) mass is 474 g/mol. The zero-order valence-corrected chi connectivity index (χ0v) is 19.6. The standard InChI is InChI=1S/C26H23ClN4O3/c1-15-23-22(34-25(15)26(33)29-20-10-8-19(9-11-20)28-16(2)32)12-7-18-14-31(30-24(18)23)13-17-5-3-4-6-21(17)27/h3-6,8-11,14H,7,12-13H2,1-2H3,(H,28,32)(H,29,33). The lowest BCUT2D eigenvalue weighted by Gasteiger charge is -2.09. The van der Waals surface area contributed by atoms with E-state index < -0.39 is 0 Å². The van der Waals surface area contributed by atoms with Gasteiger partial charge in [0.15, 0.2) is 5.76 Å². The van der Waals surface area contributed by atoms with Crippen molar-refractivity contribution in [3.63, 3.8) is 0 Å². The van der Waals surface area contributed by atoms with Crippen molar-refractivity contribution in [2.45, 2.75) is 33.2 Å². The number of amides is 2. The predicted octanol–water partition coefficient (Wildman–Crippen LogP) is 5.46. The van der Waals surface area contributed by atoms with Gasteiger partial charge in [-0.1, -0.05) is 29.8 Å². The van der Waals surface area contributed by atoms with E-state index >= 15 is 0 Å². The first-order valence-corrected chi connectivity index (χ1v) is 11.4. The maximum absolute atomic E-state index is 13.0. The fourth-order valence-corrected chi connectivity index (χ4v) is 4.49. The second kappa shape index (κ2) is 8.83. The Balaban J connectivity index is 1.39. The summed E-state index contributed by atoms with van der Waals surface area (Å²) in [6.45, 7) is 3.91. The van der Waals surface area contributed by atoms with Gasteiger partial charge in [-0.15, -0.1) is 0 Å². The van der Waals surface area contributed by atoms with Crippen LogP contribution in [0.4, 0.5) is 11.4 Å². The molecule has 2 heterocycles. The van der Waals surface area contributed by atoms with Crippen LogP contribution in [0, 0.1) is 6.92 Å². The molecule has 4 aromatic rings. The topological polar surface area (TPSA) is 89.2 Å². The van der Waals surface area contributed by atoms with Gasteiger partial charge in [-0.3, -0.25) is 14.3 Å². The van der Waals surface area contributed by atoms with Crippen molar-refractivity contribution in [1.82, 2.24) is 9.78 Å². The molecule has 2 amide bonds. The molecule has 2 N–H and O–H groups in total. The highest BCUT2D eigenvalue weighted by Gasteiger charge is 2.29. The van der Waals surface area contributed by atoms with E-state index in [1.54, 1.807) is 24.3 Å². The minimum Gasteiger partial charge on any atom is -0.455 e. The summed E-state index contributed by atoms with van der Waals surface area (Å²) in [4.78, 5) is 24.2.